The van der Waals surface area contributed by atoms with Gasteiger partial charge in [-0.15, -0.1) is 10.2 Å². The summed E-state index contributed by atoms with van der Waals surface area (Å²) >= 11 is 6.22. The summed E-state index contributed by atoms with van der Waals surface area (Å²) in [6, 6.07) is 14.4. The Balaban J connectivity index is 1.55. The first-order chi connectivity index (χ1) is 14.1. The fraction of sp³-hybridized carbons (Fsp3) is 0.238. The molecule has 4 rings (SSSR count). The molecule has 1 aromatic carbocycles. The van der Waals surface area contributed by atoms with Crippen molar-refractivity contribution in [2.24, 2.45) is 0 Å². The van der Waals surface area contributed by atoms with E-state index in [1.165, 1.54) is 4.40 Å². The summed E-state index contributed by atoms with van der Waals surface area (Å²) in [5, 5.41) is 8.85. The van der Waals surface area contributed by atoms with E-state index in [9.17, 15) is 4.79 Å². The molecule has 148 valence electrons. The van der Waals surface area contributed by atoms with Gasteiger partial charge in [0.15, 0.2) is 0 Å². The Hall–Kier alpha value is -3.03. The fourth-order valence-corrected chi connectivity index (χ4v) is 3.41. The topological polar surface area (TPSA) is 76.5 Å². The van der Waals surface area contributed by atoms with Crippen LogP contribution in [-0.4, -0.2) is 31.0 Å². The maximum atomic E-state index is 12.3. The van der Waals surface area contributed by atoms with Crippen molar-refractivity contribution >= 4 is 17.2 Å². The third kappa shape index (κ3) is 4.36. The van der Waals surface area contributed by atoms with Gasteiger partial charge in [-0.2, -0.15) is 0 Å². The van der Waals surface area contributed by atoms with Crippen LogP contribution >= 0.6 is 11.6 Å². The number of pyridine rings is 1. The van der Waals surface area contributed by atoms with Gasteiger partial charge in [0.2, 0.25) is 11.8 Å². The van der Waals surface area contributed by atoms with Crippen LogP contribution in [-0.2, 0) is 13.1 Å². The predicted molar refractivity (Wildman–Crippen MR) is 111 cm³/mol. The molecule has 3 aromatic heterocycles. The van der Waals surface area contributed by atoms with E-state index >= 15 is 0 Å². The van der Waals surface area contributed by atoms with Gasteiger partial charge >= 0.3 is 0 Å². The van der Waals surface area contributed by atoms with E-state index in [2.05, 4.69) is 27.0 Å². The number of hydrogen-bond acceptors (Lipinski definition) is 6. The van der Waals surface area contributed by atoms with Crippen LogP contribution in [0.15, 0.2) is 63.9 Å². The monoisotopic (exact) mass is 409 g/mol. The quantitative estimate of drug-likeness (QED) is 0.462. The van der Waals surface area contributed by atoms with E-state index in [4.69, 9.17) is 16.0 Å². The van der Waals surface area contributed by atoms with Crippen molar-refractivity contribution in [2.75, 3.05) is 6.54 Å². The molecule has 0 amide bonds. The minimum absolute atomic E-state index is 0.0964. The van der Waals surface area contributed by atoms with Crippen molar-refractivity contribution in [2.45, 2.75) is 26.4 Å². The molecule has 0 radical (unpaired) electrons. The predicted octanol–water partition coefficient (Wildman–Crippen LogP) is 3.81. The molecule has 7 nitrogen and oxygen atoms in total. The molecule has 29 heavy (non-hydrogen) atoms. The number of aromatic nitrogens is 4. The number of benzene rings is 1. The molecule has 3 heterocycles. The highest BCUT2D eigenvalue weighted by Gasteiger charge is 2.15. The Morgan fingerprint density at radius 1 is 1.10 bits per heavy atom. The van der Waals surface area contributed by atoms with Gasteiger partial charge in [-0.05, 0) is 37.2 Å². The van der Waals surface area contributed by atoms with Crippen LogP contribution in [0.4, 0.5) is 0 Å². The summed E-state index contributed by atoms with van der Waals surface area (Å²) < 4.78 is 7.35. The zero-order valence-corrected chi connectivity index (χ0v) is 16.7. The maximum Gasteiger partial charge on any atom is 0.258 e. The number of fused-ring (bicyclic) bond motifs is 1. The molecule has 0 saturated heterocycles. The lowest BCUT2D eigenvalue weighted by molar-refractivity contribution is 0.229. The second kappa shape index (κ2) is 8.55. The minimum Gasteiger partial charge on any atom is -0.419 e. The molecule has 0 aliphatic carbocycles. The molecule has 0 bridgehead atoms. The molecule has 4 aromatic rings. The molecule has 0 spiro atoms. The average Bonchev–Trinajstić information content (AvgIpc) is 3.17. The first kappa shape index (κ1) is 19.3. The van der Waals surface area contributed by atoms with E-state index in [0.717, 1.165) is 13.0 Å². The number of halogens is 1. The summed E-state index contributed by atoms with van der Waals surface area (Å²) in [4.78, 5) is 19.1. The van der Waals surface area contributed by atoms with Crippen LogP contribution in [0.5, 0.6) is 0 Å². The summed E-state index contributed by atoms with van der Waals surface area (Å²) in [5.74, 6) is 0.884. The Labute approximate surface area is 172 Å². The third-order valence-corrected chi connectivity index (χ3v) is 4.81. The number of hydrogen-bond donors (Lipinski definition) is 0. The van der Waals surface area contributed by atoms with Crippen molar-refractivity contribution < 1.29 is 4.42 Å². The summed E-state index contributed by atoms with van der Waals surface area (Å²) in [6.07, 6.45) is 2.66. The van der Waals surface area contributed by atoms with Crippen LogP contribution in [0.3, 0.4) is 0 Å². The van der Waals surface area contributed by atoms with Crippen LogP contribution in [0, 0.1) is 0 Å². The normalized spacial score (nSPS) is 11.4. The van der Waals surface area contributed by atoms with Gasteiger partial charge < -0.3 is 4.42 Å². The minimum atomic E-state index is -0.0964. The molecule has 0 saturated carbocycles. The van der Waals surface area contributed by atoms with Gasteiger partial charge in [-0.1, -0.05) is 36.7 Å². The lowest BCUT2D eigenvalue weighted by Crippen LogP contribution is -2.26. The van der Waals surface area contributed by atoms with Crippen molar-refractivity contribution in [3.8, 4) is 11.5 Å². The van der Waals surface area contributed by atoms with E-state index < -0.39 is 0 Å². The van der Waals surface area contributed by atoms with E-state index in [1.807, 2.05) is 36.4 Å². The lowest BCUT2D eigenvalue weighted by atomic mass is 10.2. The molecular weight excluding hydrogens is 390 g/mol. The standard InChI is InChI=1S/C21H20ClN5O2/c1-2-10-26(13-15-12-20(28)27-11-6-5-9-18(27)23-15)14-19-24-25-21(29-19)16-7-3-4-8-17(16)22/h3-9,11-12H,2,10,13-14H2,1H3. The van der Waals surface area contributed by atoms with Crippen molar-refractivity contribution in [3.63, 3.8) is 0 Å². The Bertz CT molecular complexity index is 1190. The SMILES string of the molecule is CCCN(Cc1cc(=O)n2ccccc2n1)Cc1nnc(-c2ccccc2Cl)o1. The second-order valence-electron chi connectivity index (χ2n) is 6.71. The molecule has 0 N–H and O–H groups in total. The molecule has 0 atom stereocenters. The van der Waals surface area contributed by atoms with Crippen molar-refractivity contribution in [1.82, 2.24) is 24.5 Å². The first-order valence-electron chi connectivity index (χ1n) is 9.41. The molecule has 0 aliphatic rings. The van der Waals surface area contributed by atoms with Crippen LogP contribution in [0.25, 0.3) is 17.1 Å². The second-order valence-corrected chi connectivity index (χ2v) is 7.11. The smallest absolute Gasteiger partial charge is 0.258 e. The molecular formula is C21H20ClN5O2. The largest absolute Gasteiger partial charge is 0.419 e. The van der Waals surface area contributed by atoms with Crippen molar-refractivity contribution in [3.05, 3.63) is 81.7 Å². The summed E-state index contributed by atoms with van der Waals surface area (Å²) in [6.45, 7) is 3.87. The van der Waals surface area contributed by atoms with E-state index in [0.29, 0.717) is 46.8 Å². The van der Waals surface area contributed by atoms with Gasteiger partial charge in [0.05, 0.1) is 22.8 Å². The maximum absolute atomic E-state index is 12.3. The van der Waals surface area contributed by atoms with Gasteiger partial charge in [0, 0.05) is 18.8 Å². The van der Waals surface area contributed by atoms with Crippen LogP contribution in [0.2, 0.25) is 5.02 Å². The van der Waals surface area contributed by atoms with Crippen LogP contribution in [0.1, 0.15) is 24.9 Å². The highest BCUT2D eigenvalue weighted by molar-refractivity contribution is 6.33. The molecule has 0 aliphatic heterocycles. The van der Waals surface area contributed by atoms with E-state index in [1.54, 1.807) is 18.3 Å². The molecule has 0 fully saturated rings. The number of rotatable bonds is 7. The Morgan fingerprint density at radius 3 is 2.76 bits per heavy atom. The lowest BCUT2D eigenvalue weighted by Gasteiger charge is -2.19. The first-order valence-corrected chi connectivity index (χ1v) is 9.79. The summed E-state index contributed by atoms with van der Waals surface area (Å²) in [5.41, 5.74) is 1.95. The third-order valence-electron chi connectivity index (χ3n) is 4.48. The fourth-order valence-electron chi connectivity index (χ4n) is 3.20. The van der Waals surface area contributed by atoms with Gasteiger partial charge in [-0.25, -0.2) is 4.98 Å². The summed E-state index contributed by atoms with van der Waals surface area (Å²) in [7, 11) is 0. The average molecular weight is 410 g/mol. The van der Waals surface area contributed by atoms with Crippen LogP contribution < -0.4 is 5.56 Å². The Kier molecular flexibility index (Phi) is 5.69. The molecule has 0 unspecified atom stereocenters. The van der Waals surface area contributed by atoms with Crippen molar-refractivity contribution in [1.29, 1.82) is 0 Å². The van der Waals surface area contributed by atoms with E-state index in [-0.39, 0.29) is 5.56 Å². The molecule has 8 heteroatoms. The highest BCUT2D eigenvalue weighted by Crippen LogP contribution is 2.26. The van der Waals surface area contributed by atoms with Gasteiger partial charge in [0.25, 0.3) is 5.56 Å². The zero-order chi connectivity index (χ0) is 20.2. The van der Waals surface area contributed by atoms with Gasteiger partial charge in [-0.3, -0.25) is 14.1 Å². The number of nitrogens with zero attached hydrogens (tertiary/aromatic N) is 5. The highest BCUT2D eigenvalue weighted by atomic mass is 35.5. The zero-order valence-electron chi connectivity index (χ0n) is 16.0. The Morgan fingerprint density at radius 2 is 1.93 bits per heavy atom. The van der Waals surface area contributed by atoms with Gasteiger partial charge in [0.1, 0.15) is 5.65 Å².